The van der Waals surface area contributed by atoms with Gasteiger partial charge in [0, 0.05) is 5.02 Å². The Hall–Kier alpha value is -1.67. The van der Waals surface area contributed by atoms with Gasteiger partial charge in [-0.25, -0.2) is 0 Å². The van der Waals surface area contributed by atoms with Crippen molar-refractivity contribution < 1.29 is 4.74 Å². The average Bonchev–Trinajstić information content (AvgIpc) is 2.38. The molecule has 0 radical (unpaired) electrons. The SMILES string of the molecule is Cc1ccc2c(c1)NCC(c1cccc(Cl)c1)O2. The molecule has 3 heteroatoms. The minimum absolute atomic E-state index is 0.0129. The second kappa shape index (κ2) is 4.54. The van der Waals surface area contributed by atoms with E-state index in [9.17, 15) is 0 Å². The summed E-state index contributed by atoms with van der Waals surface area (Å²) < 4.78 is 6.01. The van der Waals surface area contributed by atoms with Gasteiger partial charge in [-0.05, 0) is 42.3 Å². The number of halogens is 1. The van der Waals surface area contributed by atoms with E-state index in [1.807, 2.05) is 30.3 Å². The van der Waals surface area contributed by atoms with Crippen molar-refractivity contribution in [2.75, 3.05) is 11.9 Å². The molecule has 0 aliphatic carbocycles. The molecule has 1 N–H and O–H groups in total. The van der Waals surface area contributed by atoms with Crippen molar-refractivity contribution in [3.8, 4) is 5.75 Å². The van der Waals surface area contributed by atoms with Gasteiger partial charge in [0.2, 0.25) is 0 Å². The molecule has 0 bridgehead atoms. The van der Waals surface area contributed by atoms with E-state index in [0.717, 1.165) is 28.6 Å². The zero-order valence-corrected chi connectivity index (χ0v) is 10.9. The molecule has 0 saturated heterocycles. The fourth-order valence-electron chi connectivity index (χ4n) is 2.18. The molecule has 2 nitrogen and oxygen atoms in total. The van der Waals surface area contributed by atoms with Crippen LogP contribution in [-0.2, 0) is 0 Å². The summed E-state index contributed by atoms with van der Waals surface area (Å²) in [5.41, 5.74) is 3.39. The Labute approximate surface area is 112 Å². The van der Waals surface area contributed by atoms with Crippen LogP contribution in [-0.4, -0.2) is 6.54 Å². The Morgan fingerprint density at radius 3 is 2.94 bits per heavy atom. The fraction of sp³-hybridized carbons (Fsp3) is 0.200. The molecule has 1 aliphatic heterocycles. The molecular formula is C15H14ClNO. The lowest BCUT2D eigenvalue weighted by Crippen LogP contribution is -2.23. The number of hydrogen-bond donors (Lipinski definition) is 1. The third kappa shape index (κ3) is 2.16. The number of ether oxygens (including phenoxy) is 1. The molecule has 2 aromatic carbocycles. The van der Waals surface area contributed by atoms with E-state index in [1.54, 1.807) is 0 Å². The van der Waals surface area contributed by atoms with Crippen molar-refractivity contribution in [2.24, 2.45) is 0 Å². The van der Waals surface area contributed by atoms with Crippen molar-refractivity contribution in [3.05, 3.63) is 58.6 Å². The van der Waals surface area contributed by atoms with E-state index in [-0.39, 0.29) is 6.10 Å². The highest BCUT2D eigenvalue weighted by Crippen LogP contribution is 2.35. The van der Waals surface area contributed by atoms with E-state index in [0.29, 0.717) is 0 Å². The fourth-order valence-corrected chi connectivity index (χ4v) is 2.37. The van der Waals surface area contributed by atoms with E-state index < -0.39 is 0 Å². The van der Waals surface area contributed by atoms with Gasteiger partial charge in [-0.3, -0.25) is 0 Å². The lowest BCUT2D eigenvalue weighted by atomic mass is 10.1. The van der Waals surface area contributed by atoms with Gasteiger partial charge >= 0.3 is 0 Å². The molecule has 0 aromatic heterocycles. The van der Waals surface area contributed by atoms with Crippen LogP contribution >= 0.6 is 11.6 Å². The minimum Gasteiger partial charge on any atom is -0.482 e. The van der Waals surface area contributed by atoms with E-state index >= 15 is 0 Å². The van der Waals surface area contributed by atoms with Gasteiger partial charge in [0.05, 0.1) is 12.2 Å². The largest absolute Gasteiger partial charge is 0.482 e. The third-order valence-electron chi connectivity index (χ3n) is 3.10. The summed E-state index contributed by atoms with van der Waals surface area (Å²) in [5, 5.41) is 4.14. The van der Waals surface area contributed by atoms with E-state index in [4.69, 9.17) is 16.3 Å². The Balaban J connectivity index is 1.89. The first-order chi connectivity index (χ1) is 8.72. The summed E-state index contributed by atoms with van der Waals surface area (Å²) in [6, 6.07) is 14.0. The van der Waals surface area contributed by atoms with Crippen LogP contribution < -0.4 is 10.1 Å². The third-order valence-corrected chi connectivity index (χ3v) is 3.34. The van der Waals surface area contributed by atoms with Crippen molar-refractivity contribution in [3.63, 3.8) is 0 Å². The maximum Gasteiger partial charge on any atom is 0.143 e. The summed E-state index contributed by atoms with van der Waals surface area (Å²) in [5.74, 6) is 0.900. The number of anilines is 1. The molecule has 1 aliphatic rings. The highest BCUT2D eigenvalue weighted by atomic mass is 35.5. The molecule has 18 heavy (non-hydrogen) atoms. The summed E-state index contributed by atoms with van der Waals surface area (Å²) in [6.45, 7) is 2.84. The molecular weight excluding hydrogens is 246 g/mol. The Kier molecular flexibility index (Phi) is 2.88. The lowest BCUT2D eigenvalue weighted by Gasteiger charge is -2.28. The van der Waals surface area contributed by atoms with Crippen molar-refractivity contribution in [2.45, 2.75) is 13.0 Å². The van der Waals surface area contributed by atoms with Crippen LogP contribution in [0.2, 0.25) is 5.02 Å². The van der Waals surface area contributed by atoms with Crippen molar-refractivity contribution in [1.82, 2.24) is 0 Å². The first-order valence-electron chi connectivity index (χ1n) is 5.99. The van der Waals surface area contributed by atoms with Gasteiger partial charge in [0.25, 0.3) is 0 Å². The molecule has 0 saturated carbocycles. The molecule has 1 unspecified atom stereocenters. The second-order valence-electron chi connectivity index (χ2n) is 4.54. The van der Waals surface area contributed by atoms with Crippen LogP contribution in [0.15, 0.2) is 42.5 Å². The van der Waals surface area contributed by atoms with Gasteiger partial charge in [-0.15, -0.1) is 0 Å². The van der Waals surface area contributed by atoms with Gasteiger partial charge in [-0.1, -0.05) is 29.8 Å². The summed E-state index contributed by atoms with van der Waals surface area (Å²) in [6.07, 6.45) is 0.0129. The van der Waals surface area contributed by atoms with Crippen LogP contribution in [0.4, 0.5) is 5.69 Å². The molecule has 92 valence electrons. The zero-order valence-electron chi connectivity index (χ0n) is 10.1. The average molecular weight is 260 g/mol. The molecule has 0 fully saturated rings. The maximum absolute atomic E-state index is 6.01. The highest BCUT2D eigenvalue weighted by molar-refractivity contribution is 6.30. The normalized spacial score (nSPS) is 17.6. The monoisotopic (exact) mass is 259 g/mol. The summed E-state index contributed by atoms with van der Waals surface area (Å²) in [4.78, 5) is 0. The van der Waals surface area contributed by atoms with Crippen LogP contribution in [0.3, 0.4) is 0 Å². The minimum atomic E-state index is 0.0129. The van der Waals surface area contributed by atoms with Crippen LogP contribution in [0, 0.1) is 6.92 Å². The Morgan fingerprint density at radius 1 is 1.22 bits per heavy atom. The standard InChI is InChI=1S/C15H14ClNO/c1-10-5-6-14-13(7-10)17-9-15(18-14)11-3-2-4-12(16)8-11/h2-8,15,17H,9H2,1H3. The summed E-state index contributed by atoms with van der Waals surface area (Å²) in [7, 11) is 0. The quantitative estimate of drug-likeness (QED) is 0.829. The Morgan fingerprint density at radius 2 is 2.11 bits per heavy atom. The van der Waals surface area contributed by atoms with E-state index in [1.165, 1.54) is 5.56 Å². The van der Waals surface area contributed by atoms with Gasteiger partial charge in [0.1, 0.15) is 11.9 Å². The molecule has 0 amide bonds. The molecule has 0 spiro atoms. The van der Waals surface area contributed by atoms with Gasteiger partial charge < -0.3 is 10.1 Å². The second-order valence-corrected chi connectivity index (χ2v) is 4.98. The highest BCUT2D eigenvalue weighted by Gasteiger charge is 2.20. The number of rotatable bonds is 1. The smallest absolute Gasteiger partial charge is 0.143 e. The van der Waals surface area contributed by atoms with Gasteiger partial charge in [-0.2, -0.15) is 0 Å². The molecule has 2 aromatic rings. The van der Waals surface area contributed by atoms with Crippen LogP contribution in [0.25, 0.3) is 0 Å². The van der Waals surface area contributed by atoms with Crippen molar-refractivity contribution in [1.29, 1.82) is 0 Å². The Bertz CT molecular complexity index is 582. The number of benzene rings is 2. The van der Waals surface area contributed by atoms with Crippen LogP contribution in [0.5, 0.6) is 5.75 Å². The number of fused-ring (bicyclic) bond motifs is 1. The number of aryl methyl sites for hydroxylation is 1. The van der Waals surface area contributed by atoms with Crippen molar-refractivity contribution >= 4 is 17.3 Å². The first-order valence-corrected chi connectivity index (χ1v) is 6.37. The molecule has 1 heterocycles. The zero-order chi connectivity index (χ0) is 12.5. The first kappa shape index (κ1) is 11.4. The van der Waals surface area contributed by atoms with E-state index in [2.05, 4.69) is 24.4 Å². The predicted octanol–water partition coefficient (Wildman–Crippen LogP) is 4.19. The lowest BCUT2D eigenvalue weighted by molar-refractivity contribution is 0.210. The number of nitrogens with one attached hydrogen (secondary N) is 1. The number of hydrogen-bond acceptors (Lipinski definition) is 2. The van der Waals surface area contributed by atoms with Gasteiger partial charge in [0.15, 0.2) is 0 Å². The summed E-state index contributed by atoms with van der Waals surface area (Å²) >= 11 is 6.01. The molecule has 1 atom stereocenters. The van der Waals surface area contributed by atoms with Crippen LogP contribution in [0.1, 0.15) is 17.2 Å². The topological polar surface area (TPSA) is 21.3 Å². The molecule has 3 rings (SSSR count). The maximum atomic E-state index is 6.01. The predicted molar refractivity (Wildman–Crippen MR) is 74.5 cm³/mol.